The van der Waals surface area contributed by atoms with Gasteiger partial charge in [-0.05, 0) is 25.1 Å². The van der Waals surface area contributed by atoms with Crippen LogP contribution in [0.5, 0.6) is 5.75 Å². The number of ether oxygens (including phenoxy) is 1. The third-order valence-corrected chi connectivity index (χ3v) is 4.51. The molecular weight excluding hydrogens is 268 g/mol. The van der Waals surface area contributed by atoms with E-state index in [2.05, 4.69) is 47.7 Å². The summed E-state index contributed by atoms with van der Waals surface area (Å²) in [6.45, 7) is 5.14. The SMILES string of the molecule is CCNC(Cc1csc(C)n1)C1Cc2ccccc2O1. The minimum absolute atomic E-state index is 0.203. The lowest BCUT2D eigenvalue weighted by molar-refractivity contribution is 0.177. The van der Waals surface area contributed by atoms with E-state index in [1.165, 1.54) is 5.56 Å². The zero-order valence-corrected chi connectivity index (χ0v) is 12.7. The van der Waals surface area contributed by atoms with Crippen molar-refractivity contribution in [2.24, 2.45) is 0 Å². The number of hydrogen-bond donors (Lipinski definition) is 1. The Morgan fingerprint density at radius 2 is 2.30 bits per heavy atom. The Morgan fingerprint density at radius 3 is 3.00 bits per heavy atom. The van der Waals surface area contributed by atoms with Gasteiger partial charge >= 0.3 is 0 Å². The highest BCUT2D eigenvalue weighted by molar-refractivity contribution is 7.09. The summed E-state index contributed by atoms with van der Waals surface area (Å²) in [6.07, 6.45) is 2.11. The molecule has 20 heavy (non-hydrogen) atoms. The lowest BCUT2D eigenvalue weighted by atomic mass is 10.0. The van der Waals surface area contributed by atoms with Gasteiger partial charge in [0, 0.05) is 24.3 Å². The number of benzene rings is 1. The maximum Gasteiger partial charge on any atom is 0.123 e. The second-order valence-corrected chi connectivity index (χ2v) is 6.26. The third kappa shape index (κ3) is 2.86. The van der Waals surface area contributed by atoms with Crippen molar-refractivity contribution in [2.75, 3.05) is 6.54 Å². The summed E-state index contributed by atoms with van der Waals surface area (Å²) in [6, 6.07) is 8.65. The molecule has 0 aliphatic carbocycles. The number of hydrogen-bond acceptors (Lipinski definition) is 4. The molecule has 3 nitrogen and oxygen atoms in total. The Labute approximate surface area is 124 Å². The quantitative estimate of drug-likeness (QED) is 0.918. The summed E-state index contributed by atoms with van der Waals surface area (Å²) < 4.78 is 6.11. The maximum atomic E-state index is 6.11. The van der Waals surface area contributed by atoms with Crippen LogP contribution in [0.3, 0.4) is 0 Å². The van der Waals surface area contributed by atoms with Crippen LogP contribution in [0.4, 0.5) is 0 Å². The third-order valence-electron chi connectivity index (χ3n) is 3.68. The second-order valence-electron chi connectivity index (χ2n) is 5.19. The van der Waals surface area contributed by atoms with Crippen molar-refractivity contribution in [2.45, 2.75) is 38.8 Å². The summed E-state index contributed by atoms with van der Waals surface area (Å²) >= 11 is 1.71. The highest BCUT2D eigenvalue weighted by atomic mass is 32.1. The molecule has 3 rings (SSSR count). The molecule has 2 unspecified atom stereocenters. The largest absolute Gasteiger partial charge is 0.488 e. The Kier molecular flexibility index (Phi) is 4.03. The van der Waals surface area contributed by atoms with E-state index < -0.39 is 0 Å². The van der Waals surface area contributed by atoms with Gasteiger partial charge in [-0.25, -0.2) is 4.98 Å². The van der Waals surface area contributed by atoms with E-state index in [1.54, 1.807) is 11.3 Å². The van der Waals surface area contributed by atoms with E-state index in [0.29, 0.717) is 6.04 Å². The first-order valence-corrected chi connectivity index (χ1v) is 8.03. The number of aromatic nitrogens is 1. The molecule has 1 aromatic carbocycles. The molecule has 1 aliphatic rings. The number of fused-ring (bicyclic) bond motifs is 1. The standard InChI is InChI=1S/C16H20N2OS/c1-3-17-14(9-13-10-20-11(2)18-13)16-8-12-6-4-5-7-15(12)19-16/h4-7,10,14,16-17H,3,8-9H2,1-2H3. The lowest BCUT2D eigenvalue weighted by Gasteiger charge is -2.23. The number of para-hydroxylation sites is 1. The van der Waals surface area contributed by atoms with Crippen molar-refractivity contribution in [3.8, 4) is 5.75 Å². The first kappa shape index (κ1) is 13.6. The molecule has 0 spiro atoms. The molecule has 0 bridgehead atoms. The number of thiazole rings is 1. The molecule has 1 N–H and O–H groups in total. The fourth-order valence-electron chi connectivity index (χ4n) is 2.76. The van der Waals surface area contributed by atoms with Crippen molar-refractivity contribution in [3.63, 3.8) is 0 Å². The predicted octanol–water partition coefficient (Wildman–Crippen LogP) is 2.98. The van der Waals surface area contributed by atoms with E-state index in [1.807, 2.05) is 6.07 Å². The fraction of sp³-hybridized carbons (Fsp3) is 0.438. The Balaban J connectivity index is 1.72. The minimum atomic E-state index is 0.203. The van der Waals surface area contributed by atoms with E-state index >= 15 is 0 Å². The van der Waals surface area contributed by atoms with Crippen LogP contribution >= 0.6 is 11.3 Å². The first-order chi connectivity index (χ1) is 9.76. The van der Waals surface area contributed by atoms with Crippen molar-refractivity contribution in [1.29, 1.82) is 0 Å². The van der Waals surface area contributed by atoms with Gasteiger partial charge in [-0.15, -0.1) is 11.3 Å². The monoisotopic (exact) mass is 288 g/mol. The molecule has 1 aromatic heterocycles. The average molecular weight is 288 g/mol. The van der Waals surface area contributed by atoms with Crippen molar-refractivity contribution in [3.05, 3.63) is 45.9 Å². The van der Waals surface area contributed by atoms with Gasteiger partial charge in [0.25, 0.3) is 0 Å². The second kappa shape index (κ2) is 5.94. The predicted molar refractivity (Wildman–Crippen MR) is 82.6 cm³/mol. The zero-order valence-electron chi connectivity index (χ0n) is 11.9. The molecule has 0 amide bonds. The highest BCUT2D eigenvalue weighted by Crippen LogP contribution is 2.30. The molecule has 0 radical (unpaired) electrons. The normalized spacial score (nSPS) is 18.6. The van der Waals surface area contributed by atoms with Crippen LogP contribution < -0.4 is 10.1 Å². The fourth-order valence-corrected chi connectivity index (χ4v) is 3.38. The van der Waals surface area contributed by atoms with Crippen LogP contribution in [0.25, 0.3) is 0 Å². The van der Waals surface area contributed by atoms with Crippen LogP contribution in [0.1, 0.15) is 23.2 Å². The van der Waals surface area contributed by atoms with Gasteiger partial charge in [-0.1, -0.05) is 25.1 Å². The van der Waals surface area contributed by atoms with Gasteiger partial charge in [-0.2, -0.15) is 0 Å². The van der Waals surface area contributed by atoms with Gasteiger partial charge in [0.05, 0.1) is 10.7 Å². The van der Waals surface area contributed by atoms with Crippen LogP contribution in [0, 0.1) is 6.92 Å². The van der Waals surface area contributed by atoms with Gasteiger partial charge in [-0.3, -0.25) is 0 Å². The van der Waals surface area contributed by atoms with E-state index in [4.69, 9.17) is 4.74 Å². The van der Waals surface area contributed by atoms with E-state index in [9.17, 15) is 0 Å². The van der Waals surface area contributed by atoms with Crippen molar-refractivity contribution < 1.29 is 4.74 Å². The minimum Gasteiger partial charge on any atom is -0.488 e. The van der Waals surface area contributed by atoms with Gasteiger partial charge < -0.3 is 10.1 Å². The molecule has 2 atom stereocenters. The Morgan fingerprint density at radius 1 is 1.45 bits per heavy atom. The number of rotatable bonds is 5. The molecule has 4 heteroatoms. The average Bonchev–Trinajstić information content (AvgIpc) is 3.04. The number of aryl methyl sites for hydroxylation is 1. The van der Waals surface area contributed by atoms with Gasteiger partial charge in [0.15, 0.2) is 0 Å². The zero-order chi connectivity index (χ0) is 13.9. The van der Waals surface area contributed by atoms with Crippen LogP contribution in [0.15, 0.2) is 29.6 Å². The summed E-state index contributed by atoms with van der Waals surface area (Å²) in [4.78, 5) is 4.58. The topological polar surface area (TPSA) is 34.2 Å². The van der Waals surface area contributed by atoms with Crippen molar-refractivity contribution >= 4 is 11.3 Å². The smallest absolute Gasteiger partial charge is 0.123 e. The Bertz CT molecular complexity index is 556. The Hall–Kier alpha value is -1.39. The summed E-state index contributed by atoms with van der Waals surface area (Å²) in [7, 11) is 0. The van der Waals surface area contributed by atoms with Crippen LogP contribution in [0.2, 0.25) is 0 Å². The van der Waals surface area contributed by atoms with Gasteiger partial charge in [0.2, 0.25) is 0 Å². The first-order valence-electron chi connectivity index (χ1n) is 7.15. The molecule has 0 fully saturated rings. The molecule has 2 aromatic rings. The molecule has 106 valence electrons. The van der Waals surface area contributed by atoms with Crippen LogP contribution in [-0.4, -0.2) is 23.7 Å². The summed E-state index contributed by atoms with van der Waals surface area (Å²) in [5.74, 6) is 1.04. The van der Waals surface area contributed by atoms with Gasteiger partial charge in [0.1, 0.15) is 11.9 Å². The van der Waals surface area contributed by atoms with E-state index in [-0.39, 0.29) is 6.10 Å². The summed E-state index contributed by atoms with van der Waals surface area (Å²) in [5, 5.41) is 6.84. The molecule has 0 saturated heterocycles. The molecular formula is C16H20N2OS. The lowest BCUT2D eigenvalue weighted by Crippen LogP contribution is -2.44. The summed E-state index contributed by atoms with van der Waals surface area (Å²) in [5.41, 5.74) is 2.48. The highest BCUT2D eigenvalue weighted by Gasteiger charge is 2.30. The molecule has 2 heterocycles. The van der Waals surface area contributed by atoms with Crippen LogP contribution in [-0.2, 0) is 12.8 Å². The number of nitrogens with zero attached hydrogens (tertiary/aromatic N) is 1. The number of likely N-dealkylation sites (N-methyl/N-ethyl adjacent to an activating group) is 1. The number of nitrogens with one attached hydrogen (secondary N) is 1. The van der Waals surface area contributed by atoms with Crippen molar-refractivity contribution in [1.82, 2.24) is 10.3 Å². The van der Waals surface area contributed by atoms with E-state index in [0.717, 1.165) is 35.8 Å². The maximum absolute atomic E-state index is 6.11. The molecule has 0 saturated carbocycles. The molecule has 1 aliphatic heterocycles.